The molecular weight excluding hydrogens is 164 g/mol. The average Bonchev–Trinajstić information content (AvgIpc) is 2.82. The molecule has 0 N–H and O–H groups in total. The van der Waals surface area contributed by atoms with E-state index in [1.807, 2.05) is 6.92 Å². The highest BCUT2D eigenvalue weighted by atomic mass is 16.5. The quantitative estimate of drug-likeness (QED) is 0.487. The van der Waals surface area contributed by atoms with Crippen LogP contribution >= 0.6 is 0 Å². The van der Waals surface area contributed by atoms with E-state index in [0.29, 0.717) is 24.9 Å². The number of rotatable bonds is 4. The van der Waals surface area contributed by atoms with Gasteiger partial charge in [-0.25, -0.2) is 0 Å². The van der Waals surface area contributed by atoms with Crippen molar-refractivity contribution in [2.45, 2.75) is 27.2 Å². The number of carbonyl (C=O) groups is 1. The maximum Gasteiger partial charge on any atom is 0.293 e. The second-order valence-corrected chi connectivity index (χ2v) is 4.24. The number of hydrogen-bond acceptors (Lipinski definition) is 2. The van der Waals surface area contributed by atoms with E-state index in [-0.39, 0.29) is 5.41 Å². The van der Waals surface area contributed by atoms with Crippen molar-refractivity contribution in [3.63, 3.8) is 0 Å². The van der Waals surface area contributed by atoms with Gasteiger partial charge in [0.15, 0.2) is 0 Å². The largest absolute Gasteiger partial charge is 0.467 e. The molecule has 1 rings (SSSR count). The summed E-state index contributed by atoms with van der Waals surface area (Å²) in [7, 11) is 0. The van der Waals surface area contributed by atoms with Crippen LogP contribution in [0.5, 0.6) is 0 Å². The predicted molar refractivity (Wildman–Crippen MR) is 50.8 cm³/mol. The Bertz CT molecular complexity index is 245. The summed E-state index contributed by atoms with van der Waals surface area (Å²) in [6.45, 7) is 7.13. The van der Waals surface area contributed by atoms with Gasteiger partial charge in [0.1, 0.15) is 0 Å². The highest BCUT2D eigenvalue weighted by molar-refractivity contribution is 5.37. The zero-order valence-electron chi connectivity index (χ0n) is 8.46. The monoisotopic (exact) mass is 180 g/mol. The van der Waals surface area contributed by atoms with E-state index in [0.717, 1.165) is 6.42 Å². The van der Waals surface area contributed by atoms with E-state index >= 15 is 0 Å². The fourth-order valence-corrected chi connectivity index (χ4v) is 1.76. The van der Waals surface area contributed by atoms with Crippen LogP contribution in [-0.2, 0) is 9.53 Å². The normalized spacial score (nSPS) is 25.8. The molecular formula is C11H16O2. The van der Waals surface area contributed by atoms with Crippen molar-refractivity contribution in [3.8, 4) is 11.8 Å². The third-order valence-electron chi connectivity index (χ3n) is 2.65. The molecule has 0 bridgehead atoms. The standard InChI is InChI=1S/C11H16O2/c1-4-5-9-6-10(9)11(2,3)7-13-8-12/h8-10H,6-7H2,1-3H3. The van der Waals surface area contributed by atoms with Crippen LogP contribution < -0.4 is 0 Å². The fraction of sp³-hybridized carbons (Fsp3) is 0.727. The first kappa shape index (κ1) is 10.1. The number of hydrogen-bond donors (Lipinski definition) is 0. The lowest BCUT2D eigenvalue weighted by atomic mass is 9.87. The molecule has 0 aliphatic heterocycles. The molecule has 72 valence electrons. The van der Waals surface area contributed by atoms with Crippen LogP contribution in [0, 0.1) is 29.1 Å². The van der Waals surface area contributed by atoms with E-state index in [1.165, 1.54) is 0 Å². The maximum atomic E-state index is 10.1. The Morgan fingerprint density at radius 3 is 2.85 bits per heavy atom. The Hall–Kier alpha value is -0.970. The SMILES string of the molecule is CC#CC1CC1C(C)(C)COC=O. The molecule has 1 fully saturated rings. The second kappa shape index (κ2) is 3.83. The van der Waals surface area contributed by atoms with Crippen molar-refractivity contribution in [1.29, 1.82) is 0 Å². The van der Waals surface area contributed by atoms with E-state index < -0.39 is 0 Å². The minimum absolute atomic E-state index is 0.0788. The van der Waals surface area contributed by atoms with Gasteiger partial charge in [0.05, 0.1) is 6.61 Å². The summed E-state index contributed by atoms with van der Waals surface area (Å²) in [6, 6.07) is 0. The zero-order chi connectivity index (χ0) is 9.90. The van der Waals surface area contributed by atoms with Gasteiger partial charge >= 0.3 is 0 Å². The predicted octanol–water partition coefficient (Wildman–Crippen LogP) is 1.84. The number of carbonyl (C=O) groups excluding carboxylic acids is 1. The summed E-state index contributed by atoms with van der Waals surface area (Å²) >= 11 is 0. The molecule has 0 aromatic rings. The van der Waals surface area contributed by atoms with Gasteiger partial charge in [-0.1, -0.05) is 19.8 Å². The van der Waals surface area contributed by atoms with E-state index in [9.17, 15) is 4.79 Å². The Kier molecular flexibility index (Phi) is 2.98. The van der Waals surface area contributed by atoms with Crippen LogP contribution in [0.2, 0.25) is 0 Å². The molecule has 2 atom stereocenters. The molecule has 2 nitrogen and oxygen atoms in total. The first-order valence-corrected chi connectivity index (χ1v) is 4.59. The zero-order valence-corrected chi connectivity index (χ0v) is 8.46. The third-order valence-corrected chi connectivity index (χ3v) is 2.65. The molecule has 2 unspecified atom stereocenters. The molecule has 0 heterocycles. The van der Waals surface area contributed by atoms with Gasteiger partial charge in [0.25, 0.3) is 6.47 Å². The Labute approximate surface area is 79.7 Å². The van der Waals surface area contributed by atoms with Crippen LogP contribution in [0.1, 0.15) is 27.2 Å². The average molecular weight is 180 g/mol. The summed E-state index contributed by atoms with van der Waals surface area (Å²) in [5, 5.41) is 0. The summed E-state index contributed by atoms with van der Waals surface area (Å²) in [5.74, 6) is 7.21. The molecule has 0 saturated heterocycles. The van der Waals surface area contributed by atoms with Crippen LogP contribution in [0.15, 0.2) is 0 Å². The molecule has 0 amide bonds. The molecule has 1 aliphatic rings. The van der Waals surface area contributed by atoms with Crippen LogP contribution in [0.25, 0.3) is 0 Å². The van der Waals surface area contributed by atoms with Crippen molar-refractivity contribution < 1.29 is 9.53 Å². The number of ether oxygens (including phenoxy) is 1. The molecule has 1 aliphatic carbocycles. The lowest BCUT2D eigenvalue weighted by molar-refractivity contribution is -0.131. The molecule has 13 heavy (non-hydrogen) atoms. The minimum Gasteiger partial charge on any atom is -0.467 e. The highest BCUT2D eigenvalue weighted by Gasteiger charge is 2.47. The fourth-order valence-electron chi connectivity index (χ4n) is 1.76. The van der Waals surface area contributed by atoms with Crippen molar-refractivity contribution in [3.05, 3.63) is 0 Å². The third kappa shape index (κ3) is 2.48. The van der Waals surface area contributed by atoms with Crippen molar-refractivity contribution in [2.24, 2.45) is 17.3 Å². The van der Waals surface area contributed by atoms with Crippen LogP contribution in [0.3, 0.4) is 0 Å². The molecule has 1 saturated carbocycles. The lowest BCUT2D eigenvalue weighted by Gasteiger charge is -2.22. The maximum absolute atomic E-state index is 10.1. The van der Waals surface area contributed by atoms with Crippen molar-refractivity contribution in [2.75, 3.05) is 6.61 Å². The van der Waals surface area contributed by atoms with Crippen LogP contribution in [0.4, 0.5) is 0 Å². The van der Waals surface area contributed by atoms with Crippen molar-refractivity contribution >= 4 is 6.47 Å². The summed E-state index contributed by atoms with van der Waals surface area (Å²) in [4.78, 5) is 10.1. The first-order valence-electron chi connectivity index (χ1n) is 4.59. The van der Waals surface area contributed by atoms with Gasteiger partial charge in [-0.2, -0.15) is 0 Å². The summed E-state index contributed by atoms with van der Waals surface area (Å²) in [6.07, 6.45) is 1.15. The van der Waals surface area contributed by atoms with Gasteiger partial charge in [-0.15, -0.1) is 5.92 Å². The second-order valence-electron chi connectivity index (χ2n) is 4.24. The van der Waals surface area contributed by atoms with Crippen molar-refractivity contribution in [1.82, 2.24) is 0 Å². The lowest BCUT2D eigenvalue weighted by Crippen LogP contribution is -2.22. The topological polar surface area (TPSA) is 26.3 Å². The molecule has 0 aromatic heterocycles. The Balaban J connectivity index is 2.42. The molecule has 2 heteroatoms. The van der Waals surface area contributed by atoms with E-state index in [4.69, 9.17) is 4.74 Å². The van der Waals surface area contributed by atoms with Gasteiger partial charge < -0.3 is 4.74 Å². The smallest absolute Gasteiger partial charge is 0.293 e. The van der Waals surface area contributed by atoms with E-state index in [2.05, 4.69) is 25.7 Å². The molecule has 0 spiro atoms. The first-order chi connectivity index (χ1) is 6.11. The van der Waals surface area contributed by atoms with E-state index in [1.54, 1.807) is 0 Å². The molecule has 0 radical (unpaired) electrons. The highest BCUT2D eigenvalue weighted by Crippen LogP contribution is 2.50. The van der Waals surface area contributed by atoms with Gasteiger partial charge in [0, 0.05) is 11.3 Å². The summed E-state index contributed by atoms with van der Waals surface area (Å²) < 4.78 is 4.80. The van der Waals surface area contributed by atoms with Gasteiger partial charge in [-0.05, 0) is 19.3 Å². The van der Waals surface area contributed by atoms with Gasteiger partial charge in [-0.3, -0.25) is 4.79 Å². The molecule has 0 aromatic carbocycles. The Morgan fingerprint density at radius 2 is 2.31 bits per heavy atom. The van der Waals surface area contributed by atoms with Gasteiger partial charge in [0.2, 0.25) is 0 Å². The van der Waals surface area contributed by atoms with Crippen LogP contribution in [-0.4, -0.2) is 13.1 Å². The summed E-state index contributed by atoms with van der Waals surface area (Å²) in [5.41, 5.74) is 0.0788. The Morgan fingerprint density at radius 1 is 1.62 bits per heavy atom. The minimum atomic E-state index is 0.0788.